The first-order valence-electron chi connectivity index (χ1n) is 9.90. The predicted molar refractivity (Wildman–Crippen MR) is 113 cm³/mol. The number of benzene rings is 2. The van der Waals surface area contributed by atoms with Crippen molar-refractivity contribution in [1.82, 2.24) is 0 Å². The SMILES string of the molecule is CCOC(=O)C[C@H](c1cccc(OCc2ccccc2)c1)c1oc(CO)cc(=O)c1O. The van der Waals surface area contributed by atoms with Crippen LogP contribution in [-0.2, 0) is 22.7 Å². The Morgan fingerprint density at radius 2 is 1.87 bits per heavy atom. The van der Waals surface area contributed by atoms with E-state index < -0.39 is 29.7 Å². The van der Waals surface area contributed by atoms with Gasteiger partial charge in [0.15, 0.2) is 5.76 Å². The first-order valence-corrected chi connectivity index (χ1v) is 9.90. The molecule has 1 heterocycles. The number of carbonyl (C=O) groups is 1. The topological polar surface area (TPSA) is 106 Å². The molecular formula is C24H24O7. The molecule has 0 bridgehead atoms. The molecule has 0 fully saturated rings. The fraction of sp³-hybridized carbons (Fsp3) is 0.250. The minimum Gasteiger partial charge on any atom is -0.502 e. The van der Waals surface area contributed by atoms with Crippen LogP contribution in [0.15, 0.2) is 69.9 Å². The van der Waals surface area contributed by atoms with Crippen molar-refractivity contribution in [3.8, 4) is 11.5 Å². The van der Waals surface area contributed by atoms with Gasteiger partial charge in [-0.25, -0.2) is 0 Å². The normalized spacial score (nSPS) is 11.7. The molecule has 3 rings (SSSR count). The number of aliphatic hydroxyl groups excluding tert-OH is 1. The largest absolute Gasteiger partial charge is 0.502 e. The van der Waals surface area contributed by atoms with Gasteiger partial charge >= 0.3 is 5.97 Å². The predicted octanol–water partition coefficient (Wildman–Crippen LogP) is 3.50. The van der Waals surface area contributed by atoms with E-state index in [1.165, 1.54) is 0 Å². The highest BCUT2D eigenvalue weighted by atomic mass is 16.5. The van der Waals surface area contributed by atoms with Crippen LogP contribution in [0.3, 0.4) is 0 Å². The minimum absolute atomic E-state index is 0.0110. The van der Waals surface area contributed by atoms with Crippen LogP contribution < -0.4 is 10.2 Å². The summed E-state index contributed by atoms with van der Waals surface area (Å²) in [5.41, 5.74) is 0.887. The molecule has 7 nitrogen and oxygen atoms in total. The number of carbonyl (C=O) groups excluding carboxylic acids is 1. The van der Waals surface area contributed by atoms with Crippen LogP contribution in [-0.4, -0.2) is 22.8 Å². The smallest absolute Gasteiger partial charge is 0.306 e. The van der Waals surface area contributed by atoms with E-state index in [0.717, 1.165) is 11.6 Å². The maximum Gasteiger partial charge on any atom is 0.306 e. The van der Waals surface area contributed by atoms with Gasteiger partial charge in [-0.3, -0.25) is 9.59 Å². The van der Waals surface area contributed by atoms with Crippen LogP contribution in [0.2, 0.25) is 0 Å². The molecule has 0 amide bonds. The number of hydrogen-bond donors (Lipinski definition) is 2. The molecule has 162 valence electrons. The summed E-state index contributed by atoms with van der Waals surface area (Å²) >= 11 is 0. The number of esters is 1. The molecule has 1 atom stereocenters. The average molecular weight is 424 g/mol. The lowest BCUT2D eigenvalue weighted by Crippen LogP contribution is -2.15. The summed E-state index contributed by atoms with van der Waals surface area (Å²) in [6, 6.07) is 17.6. The van der Waals surface area contributed by atoms with Crippen molar-refractivity contribution in [1.29, 1.82) is 0 Å². The fourth-order valence-electron chi connectivity index (χ4n) is 3.18. The lowest BCUT2D eigenvalue weighted by atomic mass is 9.92. The standard InChI is InChI=1S/C24H24O7/c1-2-29-22(27)13-20(24-23(28)21(26)12-19(14-25)31-24)17-9-6-10-18(11-17)30-15-16-7-4-3-5-8-16/h3-12,20,25,28H,2,13-15H2,1H3/t20-/m1/s1. The van der Waals surface area contributed by atoms with Gasteiger partial charge in [0.25, 0.3) is 0 Å². The zero-order valence-corrected chi connectivity index (χ0v) is 17.1. The fourth-order valence-corrected chi connectivity index (χ4v) is 3.18. The third-order valence-corrected chi connectivity index (χ3v) is 4.66. The summed E-state index contributed by atoms with van der Waals surface area (Å²) in [5.74, 6) is -1.50. The summed E-state index contributed by atoms with van der Waals surface area (Å²) in [6.07, 6.45) is -0.165. The van der Waals surface area contributed by atoms with Gasteiger partial charge in [-0.1, -0.05) is 42.5 Å². The van der Waals surface area contributed by atoms with Crippen molar-refractivity contribution in [3.05, 3.63) is 93.5 Å². The summed E-state index contributed by atoms with van der Waals surface area (Å²) in [6.45, 7) is 1.72. The maximum atomic E-state index is 12.2. The molecule has 31 heavy (non-hydrogen) atoms. The molecule has 0 aliphatic heterocycles. The van der Waals surface area contributed by atoms with Crippen LogP contribution in [0.1, 0.15) is 41.9 Å². The molecule has 0 spiro atoms. The van der Waals surface area contributed by atoms with Gasteiger partial charge in [0.1, 0.15) is 24.7 Å². The molecule has 0 aliphatic rings. The van der Waals surface area contributed by atoms with Gasteiger partial charge in [0, 0.05) is 6.07 Å². The molecule has 0 saturated carbocycles. The Balaban J connectivity index is 1.95. The number of hydrogen-bond acceptors (Lipinski definition) is 7. The van der Waals surface area contributed by atoms with Crippen molar-refractivity contribution in [2.45, 2.75) is 32.5 Å². The molecule has 2 N–H and O–H groups in total. The van der Waals surface area contributed by atoms with Crippen LogP contribution in [0.25, 0.3) is 0 Å². The van der Waals surface area contributed by atoms with Crippen LogP contribution in [0, 0.1) is 0 Å². The molecule has 2 aromatic carbocycles. The number of aliphatic hydroxyl groups is 1. The quantitative estimate of drug-likeness (QED) is 0.506. The zero-order valence-electron chi connectivity index (χ0n) is 17.1. The lowest BCUT2D eigenvalue weighted by molar-refractivity contribution is -0.143. The van der Waals surface area contributed by atoms with E-state index in [-0.39, 0.29) is 24.5 Å². The van der Waals surface area contributed by atoms with Crippen molar-refractivity contribution in [2.75, 3.05) is 6.61 Å². The molecule has 0 unspecified atom stereocenters. The minimum atomic E-state index is -0.807. The molecule has 0 saturated heterocycles. The van der Waals surface area contributed by atoms with E-state index in [1.54, 1.807) is 31.2 Å². The molecule has 0 aliphatic carbocycles. The van der Waals surface area contributed by atoms with Gasteiger partial charge < -0.3 is 24.1 Å². The van der Waals surface area contributed by atoms with E-state index in [0.29, 0.717) is 17.9 Å². The molecule has 0 radical (unpaired) electrons. The number of rotatable bonds is 9. The van der Waals surface area contributed by atoms with Crippen LogP contribution in [0.4, 0.5) is 0 Å². The third kappa shape index (κ3) is 5.73. The zero-order chi connectivity index (χ0) is 22.2. The Kier molecular flexibility index (Phi) is 7.45. The monoisotopic (exact) mass is 424 g/mol. The summed E-state index contributed by atoms with van der Waals surface area (Å²) in [7, 11) is 0. The van der Waals surface area contributed by atoms with Gasteiger partial charge in [0.2, 0.25) is 11.2 Å². The second kappa shape index (κ2) is 10.4. The first kappa shape index (κ1) is 22.1. The highest BCUT2D eigenvalue weighted by molar-refractivity contribution is 5.71. The van der Waals surface area contributed by atoms with Gasteiger partial charge in [-0.05, 0) is 30.2 Å². The summed E-state index contributed by atoms with van der Waals surface area (Å²) in [5, 5.41) is 19.7. The highest BCUT2D eigenvalue weighted by Crippen LogP contribution is 2.35. The summed E-state index contributed by atoms with van der Waals surface area (Å²) < 4.78 is 16.5. The Morgan fingerprint density at radius 1 is 1.10 bits per heavy atom. The lowest BCUT2D eigenvalue weighted by Gasteiger charge is -2.18. The van der Waals surface area contributed by atoms with Gasteiger partial charge in [-0.2, -0.15) is 0 Å². The van der Waals surface area contributed by atoms with E-state index in [2.05, 4.69) is 0 Å². The first-order chi connectivity index (χ1) is 15.0. The molecule has 1 aromatic heterocycles. The van der Waals surface area contributed by atoms with E-state index in [1.807, 2.05) is 30.3 Å². The molecule has 3 aromatic rings. The average Bonchev–Trinajstić information content (AvgIpc) is 2.79. The van der Waals surface area contributed by atoms with Crippen LogP contribution in [0.5, 0.6) is 11.5 Å². The Labute approximate surface area is 179 Å². The summed E-state index contributed by atoms with van der Waals surface area (Å²) in [4.78, 5) is 24.4. The van der Waals surface area contributed by atoms with Crippen molar-refractivity contribution in [2.24, 2.45) is 0 Å². The van der Waals surface area contributed by atoms with Crippen molar-refractivity contribution >= 4 is 5.97 Å². The van der Waals surface area contributed by atoms with Gasteiger partial charge in [-0.15, -0.1) is 0 Å². The van der Waals surface area contributed by atoms with Gasteiger partial charge in [0.05, 0.1) is 18.9 Å². The number of aromatic hydroxyl groups is 1. The number of ether oxygens (including phenoxy) is 2. The van der Waals surface area contributed by atoms with E-state index in [4.69, 9.17) is 13.9 Å². The van der Waals surface area contributed by atoms with Crippen LogP contribution >= 0.6 is 0 Å². The van der Waals surface area contributed by atoms with E-state index in [9.17, 15) is 19.8 Å². The maximum absolute atomic E-state index is 12.2. The van der Waals surface area contributed by atoms with E-state index >= 15 is 0 Å². The third-order valence-electron chi connectivity index (χ3n) is 4.66. The van der Waals surface area contributed by atoms with Crippen molar-refractivity contribution < 1.29 is 28.9 Å². The molecular weight excluding hydrogens is 400 g/mol. The Hall–Kier alpha value is -3.58. The second-order valence-electron chi connectivity index (χ2n) is 6.86. The van der Waals surface area contributed by atoms with Crippen molar-refractivity contribution in [3.63, 3.8) is 0 Å². The highest BCUT2D eigenvalue weighted by Gasteiger charge is 2.27. The molecule has 7 heteroatoms. The Morgan fingerprint density at radius 3 is 2.58 bits per heavy atom. The Bertz CT molecular complexity index is 1070. The second-order valence-corrected chi connectivity index (χ2v) is 6.86.